The minimum atomic E-state index is 0.817. The van der Waals surface area contributed by atoms with Gasteiger partial charge in [-0.05, 0) is 6.07 Å². The van der Waals surface area contributed by atoms with Gasteiger partial charge in [-0.3, -0.25) is 0 Å². The molecule has 0 atom stereocenters. The van der Waals surface area contributed by atoms with Crippen molar-refractivity contribution in [1.29, 1.82) is 0 Å². The average Bonchev–Trinajstić information content (AvgIpc) is 2.30. The largest absolute Gasteiger partial charge is 0.378 e. The van der Waals surface area contributed by atoms with E-state index >= 15 is 0 Å². The molecule has 0 saturated carbocycles. The van der Waals surface area contributed by atoms with Gasteiger partial charge in [0.25, 0.3) is 0 Å². The monoisotopic (exact) mass is 193 g/mol. The van der Waals surface area contributed by atoms with E-state index in [2.05, 4.69) is 21.3 Å². The number of hydrogen-bond acceptors (Lipinski definition) is 4. The van der Waals surface area contributed by atoms with Crippen LogP contribution in [0.2, 0.25) is 0 Å². The molecule has 0 aliphatic carbocycles. The Morgan fingerprint density at radius 3 is 2.93 bits per heavy atom. The van der Waals surface area contributed by atoms with Crippen LogP contribution in [0.5, 0.6) is 0 Å². The van der Waals surface area contributed by atoms with Crippen molar-refractivity contribution in [3.8, 4) is 0 Å². The van der Waals surface area contributed by atoms with Crippen molar-refractivity contribution < 1.29 is 4.74 Å². The number of anilines is 2. The Balaban J connectivity index is 2.13. The molecule has 1 saturated heterocycles. The first-order valence-electron chi connectivity index (χ1n) is 4.86. The lowest BCUT2D eigenvalue weighted by Crippen LogP contribution is -2.36. The molecule has 2 rings (SSSR count). The average molecular weight is 193 g/mol. The minimum absolute atomic E-state index is 0.817. The van der Waals surface area contributed by atoms with Gasteiger partial charge in [0.2, 0.25) is 0 Å². The molecule has 0 spiro atoms. The molecule has 0 amide bonds. The lowest BCUT2D eigenvalue weighted by molar-refractivity contribution is 0.122. The van der Waals surface area contributed by atoms with E-state index in [-0.39, 0.29) is 0 Å². The predicted molar refractivity (Wildman–Crippen MR) is 56.8 cm³/mol. The summed E-state index contributed by atoms with van der Waals surface area (Å²) in [6.07, 6.45) is 1.83. The normalized spacial score (nSPS) is 16.8. The zero-order valence-electron chi connectivity index (χ0n) is 8.36. The number of nitrogens with zero attached hydrogens (tertiary/aromatic N) is 2. The third-order valence-electron chi connectivity index (χ3n) is 2.38. The van der Waals surface area contributed by atoms with Crippen molar-refractivity contribution in [2.45, 2.75) is 0 Å². The van der Waals surface area contributed by atoms with Crippen molar-refractivity contribution in [3.63, 3.8) is 0 Å². The number of nitrogens with one attached hydrogen (secondary N) is 1. The molecule has 14 heavy (non-hydrogen) atoms. The second-order valence-corrected chi connectivity index (χ2v) is 3.25. The molecule has 2 heterocycles. The second-order valence-electron chi connectivity index (χ2n) is 3.25. The smallest absolute Gasteiger partial charge is 0.127 e. The first kappa shape index (κ1) is 9.27. The quantitative estimate of drug-likeness (QED) is 0.759. The fourth-order valence-corrected chi connectivity index (χ4v) is 1.57. The molecule has 0 aromatic carbocycles. The molecule has 1 fully saturated rings. The Hall–Kier alpha value is -1.29. The summed E-state index contributed by atoms with van der Waals surface area (Å²) in [5, 5.41) is 3.04. The zero-order chi connectivity index (χ0) is 9.80. The molecule has 1 aliphatic rings. The summed E-state index contributed by atoms with van der Waals surface area (Å²) >= 11 is 0. The number of ether oxygens (including phenoxy) is 1. The van der Waals surface area contributed by atoms with E-state index < -0.39 is 0 Å². The maximum absolute atomic E-state index is 5.30. The van der Waals surface area contributed by atoms with Gasteiger partial charge >= 0.3 is 0 Å². The van der Waals surface area contributed by atoms with E-state index in [1.54, 1.807) is 0 Å². The molecule has 0 radical (unpaired) electrons. The van der Waals surface area contributed by atoms with Gasteiger partial charge in [0.15, 0.2) is 0 Å². The van der Waals surface area contributed by atoms with Crippen LogP contribution < -0.4 is 10.2 Å². The van der Waals surface area contributed by atoms with Gasteiger partial charge < -0.3 is 15.0 Å². The van der Waals surface area contributed by atoms with Gasteiger partial charge in [0.1, 0.15) is 5.82 Å². The maximum atomic E-state index is 5.30. The molecule has 1 aromatic rings. The van der Waals surface area contributed by atoms with Crippen LogP contribution in [0, 0.1) is 0 Å². The van der Waals surface area contributed by atoms with Gasteiger partial charge in [-0.15, -0.1) is 0 Å². The van der Waals surface area contributed by atoms with E-state index in [4.69, 9.17) is 4.74 Å². The predicted octanol–water partition coefficient (Wildman–Crippen LogP) is 0.960. The molecule has 0 unspecified atom stereocenters. The Bertz CT molecular complexity index is 297. The first-order valence-corrected chi connectivity index (χ1v) is 4.86. The van der Waals surface area contributed by atoms with E-state index in [1.165, 1.54) is 5.69 Å². The van der Waals surface area contributed by atoms with Crippen LogP contribution >= 0.6 is 0 Å². The molecule has 4 nitrogen and oxygen atoms in total. The summed E-state index contributed by atoms with van der Waals surface area (Å²) in [5.41, 5.74) is 1.22. The molecular weight excluding hydrogens is 178 g/mol. The summed E-state index contributed by atoms with van der Waals surface area (Å²) < 4.78 is 5.30. The van der Waals surface area contributed by atoms with Crippen LogP contribution in [0.25, 0.3) is 0 Å². The molecule has 76 valence electrons. The molecule has 0 bridgehead atoms. The highest BCUT2D eigenvalue weighted by atomic mass is 16.5. The second kappa shape index (κ2) is 4.28. The van der Waals surface area contributed by atoms with E-state index in [0.717, 1.165) is 32.1 Å². The molecular formula is C10H15N3O. The molecule has 1 N–H and O–H groups in total. The van der Waals surface area contributed by atoms with Gasteiger partial charge in [0.05, 0.1) is 13.2 Å². The van der Waals surface area contributed by atoms with Crippen molar-refractivity contribution in [3.05, 3.63) is 18.3 Å². The van der Waals surface area contributed by atoms with Gasteiger partial charge in [-0.1, -0.05) is 0 Å². The highest BCUT2D eigenvalue weighted by Crippen LogP contribution is 2.17. The number of hydrogen-bond donors (Lipinski definition) is 1. The third-order valence-corrected chi connectivity index (χ3v) is 2.38. The Kier molecular flexibility index (Phi) is 2.84. The van der Waals surface area contributed by atoms with Crippen LogP contribution in [0.1, 0.15) is 0 Å². The summed E-state index contributed by atoms with van der Waals surface area (Å²) in [5.74, 6) is 0.911. The summed E-state index contributed by atoms with van der Waals surface area (Å²) in [6.45, 7) is 3.56. The van der Waals surface area contributed by atoms with Crippen LogP contribution in [0.15, 0.2) is 18.3 Å². The van der Waals surface area contributed by atoms with E-state index in [1.807, 2.05) is 19.3 Å². The van der Waals surface area contributed by atoms with Crippen LogP contribution in [0.3, 0.4) is 0 Å². The third kappa shape index (κ3) is 1.96. The number of aromatic nitrogens is 1. The van der Waals surface area contributed by atoms with Gasteiger partial charge in [-0.2, -0.15) is 0 Å². The van der Waals surface area contributed by atoms with Crippen molar-refractivity contribution in [2.75, 3.05) is 43.6 Å². The first-order chi connectivity index (χ1) is 6.90. The standard InChI is InChI=1S/C10H15N3O/c1-11-10-8-9(2-3-12-10)13-4-6-14-7-5-13/h2-3,8H,4-7H2,1H3,(H,11,12). The highest BCUT2D eigenvalue weighted by molar-refractivity contribution is 5.53. The van der Waals surface area contributed by atoms with Gasteiger partial charge in [0, 0.05) is 38.1 Å². The molecule has 4 heteroatoms. The van der Waals surface area contributed by atoms with Gasteiger partial charge in [-0.25, -0.2) is 4.98 Å². The topological polar surface area (TPSA) is 37.4 Å². The Morgan fingerprint density at radius 2 is 2.21 bits per heavy atom. The Labute approximate surface area is 83.9 Å². The van der Waals surface area contributed by atoms with E-state index in [0.29, 0.717) is 0 Å². The lowest BCUT2D eigenvalue weighted by Gasteiger charge is -2.28. The summed E-state index contributed by atoms with van der Waals surface area (Å²) in [4.78, 5) is 6.50. The maximum Gasteiger partial charge on any atom is 0.127 e. The molecule has 1 aromatic heterocycles. The van der Waals surface area contributed by atoms with Crippen LogP contribution in [0.4, 0.5) is 11.5 Å². The van der Waals surface area contributed by atoms with Crippen molar-refractivity contribution in [1.82, 2.24) is 4.98 Å². The van der Waals surface area contributed by atoms with Crippen molar-refractivity contribution in [2.24, 2.45) is 0 Å². The SMILES string of the molecule is CNc1cc(N2CCOCC2)ccn1. The molecule has 1 aliphatic heterocycles. The zero-order valence-corrected chi connectivity index (χ0v) is 8.36. The number of pyridine rings is 1. The van der Waals surface area contributed by atoms with E-state index in [9.17, 15) is 0 Å². The fourth-order valence-electron chi connectivity index (χ4n) is 1.57. The van der Waals surface area contributed by atoms with Crippen LogP contribution in [-0.4, -0.2) is 38.3 Å². The van der Waals surface area contributed by atoms with Crippen LogP contribution in [-0.2, 0) is 4.74 Å². The van der Waals surface area contributed by atoms with Crippen molar-refractivity contribution >= 4 is 11.5 Å². The summed E-state index contributed by atoms with van der Waals surface area (Å²) in [6, 6.07) is 4.09. The minimum Gasteiger partial charge on any atom is -0.378 e. The fraction of sp³-hybridized carbons (Fsp3) is 0.500. The number of rotatable bonds is 2. The summed E-state index contributed by atoms with van der Waals surface area (Å²) in [7, 11) is 1.88. The lowest BCUT2D eigenvalue weighted by atomic mass is 10.3. The Morgan fingerprint density at radius 1 is 1.43 bits per heavy atom. The highest BCUT2D eigenvalue weighted by Gasteiger charge is 2.11. The number of morpholine rings is 1.